The van der Waals surface area contributed by atoms with E-state index in [0.29, 0.717) is 11.7 Å². The van der Waals surface area contributed by atoms with Crippen molar-refractivity contribution in [2.24, 2.45) is 5.92 Å². The monoisotopic (exact) mass is 279 g/mol. The molecule has 0 spiro atoms. The molecule has 0 saturated carbocycles. The summed E-state index contributed by atoms with van der Waals surface area (Å²) in [5.41, 5.74) is 0.592. The quantitative estimate of drug-likeness (QED) is 0.539. The smallest absolute Gasteiger partial charge is 0.224 e. The lowest BCUT2D eigenvalue weighted by Crippen LogP contribution is -2.44. The van der Waals surface area contributed by atoms with Gasteiger partial charge in [0.05, 0.1) is 13.5 Å². The molecule has 0 bridgehead atoms. The van der Waals surface area contributed by atoms with Crippen LogP contribution in [0.3, 0.4) is 0 Å². The van der Waals surface area contributed by atoms with E-state index in [-0.39, 0.29) is 17.9 Å². The van der Waals surface area contributed by atoms with E-state index in [4.69, 9.17) is 4.74 Å². The van der Waals surface area contributed by atoms with E-state index in [2.05, 4.69) is 25.7 Å². The number of carbonyl (C=O) groups excluding carboxylic acids is 1. The lowest BCUT2D eigenvalue weighted by atomic mass is 9.92. The first-order chi connectivity index (χ1) is 9.25. The molecule has 0 atom stereocenters. The highest BCUT2D eigenvalue weighted by Gasteiger charge is 2.22. The molecule has 1 amide bonds. The number of hydrogen-bond acceptors (Lipinski definition) is 2. The van der Waals surface area contributed by atoms with Gasteiger partial charge in [-0.3, -0.25) is 4.79 Å². The summed E-state index contributed by atoms with van der Waals surface area (Å²) in [4.78, 5) is 12.2. The predicted octanol–water partition coefficient (Wildman–Crippen LogP) is 3.98. The second kappa shape index (κ2) is 8.62. The molecule has 0 aromatic carbocycles. The molecule has 3 heteroatoms. The Kier molecular flexibility index (Phi) is 7.97. The lowest BCUT2D eigenvalue weighted by Gasteiger charge is -2.28. The van der Waals surface area contributed by atoms with Gasteiger partial charge in [0.15, 0.2) is 0 Å². The number of amides is 1. The van der Waals surface area contributed by atoms with Crippen molar-refractivity contribution in [3.63, 3.8) is 0 Å². The first-order valence-electron chi connectivity index (χ1n) is 7.09. The predicted molar refractivity (Wildman–Crippen MR) is 85.3 cm³/mol. The average molecular weight is 279 g/mol. The van der Waals surface area contributed by atoms with Gasteiger partial charge < -0.3 is 10.1 Å². The Hall–Kier alpha value is -1.51. The molecule has 0 heterocycles. The van der Waals surface area contributed by atoms with Gasteiger partial charge in [-0.05, 0) is 39.2 Å². The van der Waals surface area contributed by atoms with Gasteiger partial charge in [-0.15, -0.1) is 0 Å². The highest BCUT2D eigenvalue weighted by molar-refractivity contribution is 5.80. The van der Waals surface area contributed by atoms with Crippen molar-refractivity contribution >= 4 is 5.91 Å². The summed E-state index contributed by atoms with van der Waals surface area (Å²) in [7, 11) is 1.60. The van der Waals surface area contributed by atoms with E-state index in [1.165, 1.54) is 0 Å². The van der Waals surface area contributed by atoms with Crippen LogP contribution in [0.1, 0.15) is 47.5 Å². The molecule has 0 fully saturated rings. The minimum absolute atomic E-state index is 0.00963. The highest BCUT2D eigenvalue weighted by atomic mass is 16.5. The zero-order valence-electron chi connectivity index (χ0n) is 13.7. The Morgan fingerprint density at radius 3 is 2.40 bits per heavy atom. The third-order valence-corrected chi connectivity index (χ3v) is 2.85. The molecule has 0 aromatic rings. The van der Waals surface area contributed by atoms with Gasteiger partial charge >= 0.3 is 0 Å². The largest absolute Gasteiger partial charge is 0.496 e. The molecule has 0 aliphatic heterocycles. The summed E-state index contributed by atoms with van der Waals surface area (Å²) in [6, 6.07) is 0. The molecule has 3 nitrogen and oxygen atoms in total. The van der Waals surface area contributed by atoms with Gasteiger partial charge in [0, 0.05) is 11.1 Å². The minimum atomic E-state index is -0.203. The van der Waals surface area contributed by atoms with Crippen LogP contribution < -0.4 is 5.32 Å². The van der Waals surface area contributed by atoms with Gasteiger partial charge in [0.1, 0.15) is 5.76 Å². The summed E-state index contributed by atoms with van der Waals surface area (Å²) in [6.45, 7) is 14.1. The van der Waals surface area contributed by atoms with Crippen molar-refractivity contribution in [2.45, 2.75) is 53.0 Å². The van der Waals surface area contributed by atoms with Crippen LogP contribution in [-0.4, -0.2) is 18.6 Å². The number of rotatable bonds is 8. The van der Waals surface area contributed by atoms with E-state index in [0.717, 1.165) is 12.0 Å². The fraction of sp³-hybridized carbons (Fsp3) is 0.588. The molecular weight excluding hydrogens is 250 g/mol. The molecule has 114 valence electrons. The molecule has 0 aliphatic rings. The van der Waals surface area contributed by atoms with Crippen LogP contribution in [0, 0.1) is 5.92 Å². The van der Waals surface area contributed by atoms with Crippen molar-refractivity contribution in [1.82, 2.24) is 5.32 Å². The zero-order chi connectivity index (χ0) is 15.8. The van der Waals surface area contributed by atoms with Gasteiger partial charge in [-0.2, -0.15) is 0 Å². The molecule has 0 rings (SSSR count). The third-order valence-electron chi connectivity index (χ3n) is 2.85. The zero-order valence-corrected chi connectivity index (χ0v) is 13.7. The maximum absolute atomic E-state index is 12.2. The molecule has 1 N–H and O–H groups in total. The summed E-state index contributed by atoms with van der Waals surface area (Å²) in [5.74, 6) is 1.21. The molecule has 0 aliphatic carbocycles. The summed E-state index contributed by atoms with van der Waals surface area (Å²) >= 11 is 0. The van der Waals surface area contributed by atoms with Gasteiger partial charge in [-0.1, -0.05) is 32.6 Å². The second-order valence-electron chi connectivity index (χ2n) is 6.00. The Bertz CT molecular complexity index is 390. The van der Waals surface area contributed by atoms with Crippen molar-refractivity contribution in [1.29, 1.82) is 0 Å². The summed E-state index contributed by atoms with van der Waals surface area (Å²) < 4.78 is 5.28. The number of carbonyl (C=O) groups is 1. The van der Waals surface area contributed by atoms with Crippen molar-refractivity contribution in [2.75, 3.05) is 7.11 Å². The normalized spacial score (nSPS) is 13.3. The van der Waals surface area contributed by atoms with Gasteiger partial charge in [0.25, 0.3) is 0 Å². The number of hydrogen-bond donors (Lipinski definition) is 1. The van der Waals surface area contributed by atoms with Gasteiger partial charge in [0.2, 0.25) is 5.91 Å². The maximum Gasteiger partial charge on any atom is 0.224 e. The summed E-state index contributed by atoms with van der Waals surface area (Å²) in [6.07, 6.45) is 6.61. The van der Waals surface area contributed by atoms with Crippen LogP contribution in [0.25, 0.3) is 0 Å². The number of ether oxygens (including phenoxy) is 1. The SMILES string of the molecule is C=C/C(CC(=O)NC(C)(C)CC(C)C)=C(\C=C/C)OC. The second-order valence-corrected chi connectivity index (χ2v) is 6.00. The molecule has 0 aromatic heterocycles. The van der Waals surface area contributed by atoms with E-state index in [1.54, 1.807) is 13.2 Å². The molecule has 20 heavy (non-hydrogen) atoms. The van der Waals surface area contributed by atoms with Crippen LogP contribution in [0.4, 0.5) is 0 Å². The molecule has 0 saturated heterocycles. The fourth-order valence-electron chi connectivity index (χ4n) is 2.38. The van der Waals surface area contributed by atoms with Crippen LogP contribution >= 0.6 is 0 Å². The Morgan fingerprint density at radius 1 is 1.40 bits per heavy atom. The molecule has 0 radical (unpaired) electrons. The van der Waals surface area contributed by atoms with Crippen LogP contribution in [0.5, 0.6) is 0 Å². The van der Waals surface area contributed by atoms with Crippen molar-refractivity contribution in [3.8, 4) is 0 Å². The Balaban J connectivity index is 4.85. The van der Waals surface area contributed by atoms with Crippen LogP contribution in [0.15, 0.2) is 36.1 Å². The van der Waals surface area contributed by atoms with E-state index >= 15 is 0 Å². The van der Waals surface area contributed by atoms with Gasteiger partial charge in [-0.25, -0.2) is 0 Å². The first-order valence-corrected chi connectivity index (χ1v) is 7.09. The van der Waals surface area contributed by atoms with Crippen LogP contribution in [0.2, 0.25) is 0 Å². The van der Waals surface area contributed by atoms with Crippen molar-refractivity contribution in [3.05, 3.63) is 36.1 Å². The number of nitrogens with one attached hydrogen (secondary N) is 1. The molecular formula is C17H29NO2. The minimum Gasteiger partial charge on any atom is -0.496 e. The highest BCUT2D eigenvalue weighted by Crippen LogP contribution is 2.18. The van der Waals surface area contributed by atoms with E-state index < -0.39 is 0 Å². The average Bonchev–Trinajstić information content (AvgIpc) is 2.30. The fourth-order valence-corrected chi connectivity index (χ4v) is 2.38. The number of allylic oxidation sites excluding steroid dienone is 3. The third kappa shape index (κ3) is 7.17. The van der Waals surface area contributed by atoms with E-state index in [1.807, 2.05) is 32.9 Å². The Morgan fingerprint density at radius 2 is 2.00 bits per heavy atom. The first kappa shape index (κ1) is 18.5. The summed E-state index contributed by atoms with van der Waals surface area (Å²) in [5, 5.41) is 3.07. The van der Waals surface area contributed by atoms with Crippen molar-refractivity contribution < 1.29 is 9.53 Å². The Labute approximate surface area is 123 Å². The molecule has 0 unspecified atom stereocenters. The topological polar surface area (TPSA) is 38.3 Å². The standard InChI is InChI=1S/C17H29NO2/c1-8-10-15(20-7)14(9-2)11-16(19)18-17(5,6)12-13(3)4/h8-10,13H,2,11-12H2,1,3-7H3,(H,18,19)/b10-8-,15-14-. The lowest BCUT2D eigenvalue weighted by molar-refractivity contribution is -0.122. The van der Waals surface area contributed by atoms with E-state index in [9.17, 15) is 4.79 Å². The number of methoxy groups -OCH3 is 1. The van der Waals surface area contributed by atoms with Crippen LogP contribution in [-0.2, 0) is 9.53 Å². The maximum atomic E-state index is 12.2.